The van der Waals surface area contributed by atoms with Gasteiger partial charge >= 0.3 is 0 Å². The van der Waals surface area contributed by atoms with Gasteiger partial charge in [-0.3, -0.25) is 4.79 Å². The van der Waals surface area contributed by atoms with Crippen LogP contribution in [0.25, 0.3) is 0 Å². The van der Waals surface area contributed by atoms with Crippen molar-refractivity contribution in [3.8, 4) is 0 Å². The molecular weight excluding hydrogens is 304 g/mol. The number of hydrogen-bond donors (Lipinski definition) is 0. The lowest BCUT2D eigenvalue weighted by atomic mass is 9.94. The van der Waals surface area contributed by atoms with Crippen LogP contribution in [-0.2, 0) is 9.53 Å². The van der Waals surface area contributed by atoms with Crippen molar-refractivity contribution in [1.29, 1.82) is 0 Å². The van der Waals surface area contributed by atoms with Gasteiger partial charge in [-0.05, 0) is 40.5 Å². The average Bonchev–Trinajstić information content (AvgIpc) is 2.52. The summed E-state index contributed by atoms with van der Waals surface area (Å²) >= 11 is 0. The molecule has 2 saturated heterocycles. The Morgan fingerprint density at radius 1 is 1.12 bits per heavy atom. The molecule has 0 spiro atoms. The van der Waals surface area contributed by atoms with E-state index in [1.54, 1.807) is 0 Å². The third-order valence-corrected chi connectivity index (χ3v) is 4.85. The summed E-state index contributed by atoms with van der Waals surface area (Å²) in [6.07, 6.45) is 2.04. The van der Waals surface area contributed by atoms with Crippen LogP contribution in [-0.4, -0.2) is 59.2 Å². The molecule has 1 aromatic rings. The van der Waals surface area contributed by atoms with E-state index >= 15 is 0 Å². The number of amides is 1. The highest BCUT2D eigenvalue weighted by atomic mass is 16.5. The molecule has 2 aliphatic heterocycles. The molecule has 6 heteroatoms. The molecule has 2 aliphatic rings. The predicted molar refractivity (Wildman–Crippen MR) is 93.0 cm³/mol. The third kappa shape index (κ3) is 3.86. The minimum atomic E-state index is 0.128. The lowest BCUT2D eigenvalue weighted by Crippen LogP contribution is -2.51. The van der Waals surface area contributed by atoms with Crippen LogP contribution in [0.5, 0.6) is 0 Å². The molecule has 0 bridgehead atoms. The van der Waals surface area contributed by atoms with Crippen LogP contribution in [0, 0.1) is 19.8 Å². The van der Waals surface area contributed by atoms with Crippen LogP contribution in [0.15, 0.2) is 6.07 Å². The molecule has 2 atom stereocenters. The van der Waals surface area contributed by atoms with Gasteiger partial charge in [-0.15, -0.1) is 0 Å². The fourth-order valence-corrected chi connectivity index (χ4v) is 3.83. The zero-order valence-electron chi connectivity index (χ0n) is 15.2. The highest BCUT2D eigenvalue weighted by molar-refractivity contribution is 5.79. The smallest absolute Gasteiger partial charge is 0.225 e. The molecule has 3 heterocycles. The van der Waals surface area contributed by atoms with Gasteiger partial charge < -0.3 is 14.5 Å². The molecule has 0 saturated carbocycles. The van der Waals surface area contributed by atoms with E-state index in [1.165, 1.54) is 0 Å². The molecule has 2 fully saturated rings. The fourth-order valence-electron chi connectivity index (χ4n) is 3.83. The minimum Gasteiger partial charge on any atom is -0.372 e. The lowest BCUT2D eigenvalue weighted by Gasteiger charge is -2.39. The molecule has 0 unspecified atom stereocenters. The maximum absolute atomic E-state index is 12.8. The van der Waals surface area contributed by atoms with Gasteiger partial charge in [0.05, 0.1) is 12.2 Å². The van der Waals surface area contributed by atoms with Gasteiger partial charge in [-0.2, -0.15) is 0 Å². The number of carbonyl (C=O) groups excluding carboxylic acids is 1. The summed E-state index contributed by atoms with van der Waals surface area (Å²) in [7, 11) is 0. The molecule has 0 N–H and O–H groups in total. The van der Waals surface area contributed by atoms with Crippen molar-refractivity contribution < 1.29 is 9.53 Å². The summed E-state index contributed by atoms with van der Waals surface area (Å²) in [6, 6.07) is 2.03. The monoisotopic (exact) mass is 332 g/mol. The van der Waals surface area contributed by atoms with Crippen molar-refractivity contribution in [3.05, 3.63) is 17.6 Å². The van der Waals surface area contributed by atoms with Gasteiger partial charge in [-0.1, -0.05) is 0 Å². The number of carbonyl (C=O) groups is 1. The Morgan fingerprint density at radius 3 is 2.33 bits per heavy atom. The first kappa shape index (κ1) is 17.1. The number of rotatable bonds is 2. The van der Waals surface area contributed by atoms with Crippen LogP contribution in [0.3, 0.4) is 0 Å². The molecular formula is C18H28N4O2. The zero-order chi connectivity index (χ0) is 17.3. The van der Waals surface area contributed by atoms with E-state index in [9.17, 15) is 4.79 Å². The van der Waals surface area contributed by atoms with E-state index in [1.807, 2.05) is 38.7 Å². The second-order valence-corrected chi connectivity index (χ2v) is 7.18. The average molecular weight is 332 g/mol. The minimum absolute atomic E-state index is 0.128. The second-order valence-electron chi connectivity index (χ2n) is 7.18. The van der Waals surface area contributed by atoms with Crippen molar-refractivity contribution >= 4 is 11.7 Å². The topological polar surface area (TPSA) is 58.6 Å². The summed E-state index contributed by atoms with van der Waals surface area (Å²) in [4.78, 5) is 26.0. The van der Waals surface area contributed by atoms with Crippen molar-refractivity contribution in [2.45, 2.75) is 52.7 Å². The van der Waals surface area contributed by atoms with E-state index in [-0.39, 0.29) is 18.1 Å². The first-order valence-corrected chi connectivity index (χ1v) is 8.94. The summed E-state index contributed by atoms with van der Waals surface area (Å²) in [5.41, 5.74) is 0.993. The van der Waals surface area contributed by atoms with Crippen LogP contribution in [0.1, 0.15) is 38.2 Å². The van der Waals surface area contributed by atoms with E-state index in [0.29, 0.717) is 19.0 Å². The van der Waals surface area contributed by atoms with Gasteiger partial charge in [0.15, 0.2) is 0 Å². The normalized spacial score (nSPS) is 25.8. The molecule has 1 amide bonds. The van der Waals surface area contributed by atoms with Gasteiger partial charge in [0.25, 0.3) is 0 Å². The standard InChI is InChI=1S/C18H28N4O2/c1-12-9-17(20-15(4)19-12)21-7-5-16(6-8-21)18(23)22-10-13(2)24-14(3)11-22/h9,13-14,16H,5-8,10-11H2,1-4H3/t13-,14+. The molecule has 132 valence electrons. The highest BCUT2D eigenvalue weighted by Crippen LogP contribution is 2.25. The molecule has 0 aliphatic carbocycles. The predicted octanol–water partition coefficient (Wildman–Crippen LogP) is 1.95. The Morgan fingerprint density at radius 2 is 1.75 bits per heavy atom. The Labute approximate surface area is 144 Å². The number of morpholine rings is 1. The molecule has 0 radical (unpaired) electrons. The first-order valence-electron chi connectivity index (χ1n) is 8.94. The van der Waals surface area contributed by atoms with Gasteiger partial charge in [0.1, 0.15) is 11.6 Å². The second kappa shape index (κ2) is 7.05. The Balaban J connectivity index is 1.59. The lowest BCUT2D eigenvalue weighted by molar-refractivity contribution is -0.148. The van der Waals surface area contributed by atoms with Crippen LogP contribution in [0.2, 0.25) is 0 Å². The van der Waals surface area contributed by atoms with Gasteiger partial charge in [-0.25, -0.2) is 9.97 Å². The quantitative estimate of drug-likeness (QED) is 0.828. The number of nitrogens with zero attached hydrogens (tertiary/aromatic N) is 4. The van der Waals surface area contributed by atoms with Crippen LogP contribution in [0.4, 0.5) is 5.82 Å². The number of hydrogen-bond acceptors (Lipinski definition) is 5. The summed E-state index contributed by atoms with van der Waals surface area (Å²) in [5, 5.41) is 0. The third-order valence-electron chi connectivity index (χ3n) is 4.85. The zero-order valence-corrected chi connectivity index (χ0v) is 15.2. The molecule has 24 heavy (non-hydrogen) atoms. The molecule has 6 nitrogen and oxygen atoms in total. The van der Waals surface area contributed by atoms with E-state index in [2.05, 4.69) is 14.9 Å². The maximum Gasteiger partial charge on any atom is 0.225 e. The summed E-state index contributed by atoms with van der Waals surface area (Å²) in [6.45, 7) is 11.2. The SMILES string of the molecule is Cc1cc(N2CCC(C(=O)N3C[C@@H](C)O[C@@H](C)C3)CC2)nc(C)n1. The molecule has 0 aromatic carbocycles. The number of anilines is 1. The van der Waals surface area contributed by atoms with E-state index in [0.717, 1.165) is 43.3 Å². The van der Waals surface area contributed by atoms with E-state index in [4.69, 9.17) is 4.74 Å². The number of aromatic nitrogens is 2. The highest BCUT2D eigenvalue weighted by Gasteiger charge is 2.32. The molecule has 3 rings (SSSR count). The summed E-state index contributed by atoms with van der Waals surface area (Å²) < 4.78 is 5.73. The number of aryl methyl sites for hydroxylation is 2. The fraction of sp³-hybridized carbons (Fsp3) is 0.722. The van der Waals surface area contributed by atoms with Crippen LogP contribution < -0.4 is 4.90 Å². The van der Waals surface area contributed by atoms with Crippen molar-refractivity contribution in [2.75, 3.05) is 31.1 Å². The van der Waals surface area contributed by atoms with Crippen LogP contribution >= 0.6 is 0 Å². The van der Waals surface area contributed by atoms with Gasteiger partial charge in [0, 0.05) is 43.9 Å². The van der Waals surface area contributed by atoms with Crippen molar-refractivity contribution in [1.82, 2.24) is 14.9 Å². The van der Waals surface area contributed by atoms with Gasteiger partial charge in [0.2, 0.25) is 5.91 Å². The largest absolute Gasteiger partial charge is 0.372 e. The summed E-state index contributed by atoms with van der Waals surface area (Å²) in [5.74, 6) is 2.22. The van der Waals surface area contributed by atoms with E-state index < -0.39 is 0 Å². The van der Waals surface area contributed by atoms with Crippen molar-refractivity contribution in [2.24, 2.45) is 5.92 Å². The number of piperidine rings is 1. The first-order chi connectivity index (χ1) is 11.4. The number of ether oxygens (including phenoxy) is 1. The Kier molecular flexibility index (Phi) is 5.04. The molecule has 1 aromatic heterocycles. The van der Waals surface area contributed by atoms with Crippen molar-refractivity contribution in [3.63, 3.8) is 0 Å². The Hall–Kier alpha value is -1.69. The Bertz CT molecular complexity index is 568. The maximum atomic E-state index is 12.8.